The number of carbonyl (C=O) groups excluding carboxylic acids is 2. The Labute approximate surface area is 229 Å². The van der Waals surface area contributed by atoms with E-state index in [1.807, 2.05) is 49.6 Å². The maximum absolute atomic E-state index is 13.6. The van der Waals surface area contributed by atoms with Gasteiger partial charge in [0.25, 0.3) is 0 Å². The number of nitrogens with one attached hydrogen (secondary N) is 1. The summed E-state index contributed by atoms with van der Waals surface area (Å²) in [5.74, 6) is 0.993. The Morgan fingerprint density at radius 2 is 1.76 bits per heavy atom. The molecule has 1 aliphatic heterocycles. The normalized spacial score (nSPS) is 20.3. The molecule has 0 saturated heterocycles. The van der Waals surface area contributed by atoms with Gasteiger partial charge in [-0.3, -0.25) is 9.59 Å². The number of hydrogen-bond donors (Lipinski definition) is 1. The molecule has 2 aliphatic rings. The lowest BCUT2D eigenvalue weighted by atomic mass is 9.90. The number of anilines is 1. The molecule has 1 amide bonds. The van der Waals surface area contributed by atoms with Crippen LogP contribution in [0.15, 0.2) is 48.8 Å². The molecule has 1 N–H and O–H groups in total. The number of fused-ring (bicyclic) bond motifs is 3. The van der Waals surface area contributed by atoms with Gasteiger partial charge in [0.15, 0.2) is 5.78 Å². The summed E-state index contributed by atoms with van der Waals surface area (Å²) in [7, 11) is 0. The Balaban J connectivity index is 1.64. The summed E-state index contributed by atoms with van der Waals surface area (Å²) in [5.41, 5.74) is 5.84. The van der Waals surface area contributed by atoms with Crippen molar-refractivity contribution in [3.8, 4) is 11.1 Å². The summed E-state index contributed by atoms with van der Waals surface area (Å²) in [6, 6.07) is 11.7. The number of aromatic nitrogens is 2. The zero-order valence-electron chi connectivity index (χ0n) is 22.7. The number of ketones is 1. The van der Waals surface area contributed by atoms with Crippen molar-refractivity contribution in [2.75, 3.05) is 11.4 Å². The fourth-order valence-electron chi connectivity index (χ4n) is 6.08. The molecule has 6 nitrogen and oxygen atoms in total. The number of Topliss-reactive ketones (excluding diaryl/α,β-unsaturated/α-hetero) is 1. The van der Waals surface area contributed by atoms with Gasteiger partial charge in [0, 0.05) is 71.6 Å². The molecule has 2 heterocycles. The third-order valence-electron chi connectivity index (χ3n) is 7.52. The molecule has 1 fully saturated rings. The largest absolute Gasteiger partial charge is 0.365 e. The van der Waals surface area contributed by atoms with Crippen LogP contribution in [0.5, 0.6) is 0 Å². The minimum Gasteiger partial charge on any atom is -0.365 e. The Kier molecular flexibility index (Phi) is 7.03. The summed E-state index contributed by atoms with van der Waals surface area (Å²) in [4.78, 5) is 37.2. The van der Waals surface area contributed by atoms with E-state index in [1.165, 1.54) is 5.56 Å². The van der Waals surface area contributed by atoms with Gasteiger partial charge in [0.2, 0.25) is 5.91 Å². The van der Waals surface area contributed by atoms with Crippen LogP contribution in [0.2, 0.25) is 5.02 Å². The van der Waals surface area contributed by atoms with Crippen molar-refractivity contribution in [1.29, 1.82) is 0 Å². The fourth-order valence-corrected chi connectivity index (χ4v) is 6.21. The predicted octanol–water partition coefficient (Wildman–Crippen LogP) is 6.15. The molecule has 0 radical (unpaired) electrons. The van der Waals surface area contributed by atoms with Gasteiger partial charge in [0.05, 0.1) is 6.04 Å². The standard InChI is InChI=1S/C31H35ClN4O2/c1-18-33-15-22(16-34-18)25-13-21(28(38)12-20-6-8-23(32)9-7-20)14-26-24-10-11-27(35-19(2)37)30(24)36(29(25)26)17-31(3,4)5/h6-9,13-16,24,27,30H,10-12,17H2,1-5H3,(H,35,37)/t24-,27+,30+/m0/s1. The Morgan fingerprint density at radius 3 is 2.39 bits per heavy atom. The van der Waals surface area contributed by atoms with Crippen LogP contribution in [0.3, 0.4) is 0 Å². The molecule has 0 unspecified atom stereocenters. The van der Waals surface area contributed by atoms with Crippen LogP contribution < -0.4 is 10.2 Å². The van der Waals surface area contributed by atoms with Gasteiger partial charge in [0.1, 0.15) is 5.82 Å². The van der Waals surface area contributed by atoms with Gasteiger partial charge in [-0.15, -0.1) is 0 Å². The average molecular weight is 531 g/mol. The number of nitrogens with zero attached hydrogens (tertiary/aromatic N) is 3. The van der Waals surface area contributed by atoms with Crippen molar-refractivity contribution >= 4 is 29.0 Å². The first-order valence-electron chi connectivity index (χ1n) is 13.3. The van der Waals surface area contributed by atoms with Gasteiger partial charge in [-0.05, 0) is 60.6 Å². The molecule has 0 bridgehead atoms. The molecule has 1 saturated carbocycles. The van der Waals surface area contributed by atoms with Crippen LogP contribution >= 0.6 is 11.6 Å². The lowest BCUT2D eigenvalue weighted by molar-refractivity contribution is -0.119. The minimum atomic E-state index is -0.00620. The zero-order valence-corrected chi connectivity index (χ0v) is 23.5. The van der Waals surface area contributed by atoms with Crippen LogP contribution in [0.25, 0.3) is 11.1 Å². The molecule has 3 aromatic rings. The number of aryl methyl sites for hydroxylation is 1. The third-order valence-corrected chi connectivity index (χ3v) is 7.78. The van der Waals surface area contributed by atoms with Gasteiger partial charge in [-0.25, -0.2) is 9.97 Å². The molecular weight excluding hydrogens is 496 g/mol. The monoisotopic (exact) mass is 530 g/mol. The molecule has 198 valence electrons. The lowest BCUT2D eigenvalue weighted by Crippen LogP contribution is -2.50. The van der Waals surface area contributed by atoms with E-state index in [0.29, 0.717) is 22.8 Å². The number of rotatable bonds is 6. The van der Waals surface area contributed by atoms with Crippen molar-refractivity contribution in [2.24, 2.45) is 5.41 Å². The van der Waals surface area contributed by atoms with Crippen LogP contribution in [-0.4, -0.2) is 40.3 Å². The topological polar surface area (TPSA) is 75.2 Å². The van der Waals surface area contributed by atoms with Gasteiger partial charge < -0.3 is 10.2 Å². The van der Waals surface area contributed by atoms with Crippen LogP contribution in [-0.2, 0) is 11.2 Å². The highest BCUT2D eigenvalue weighted by Crippen LogP contribution is 2.53. The summed E-state index contributed by atoms with van der Waals surface area (Å²) < 4.78 is 0. The highest BCUT2D eigenvalue weighted by atomic mass is 35.5. The second-order valence-electron chi connectivity index (χ2n) is 11.9. The average Bonchev–Trinajstić information content (AvgIpc) is 3.38. The summed E-state index contributed by atoms with van der Waals surface area (Å²) in [6.45, 7) is 11.0. The first-order valence-corrected chi connectivity index (χ1v) is 13.7. The molecule has 1 aromatic heterocycles. The second kappa shape index (κ2) is 10.1. The van der Waals surface area contributed by atoms with Gasteiger partial charge in [-0.2, -0.15) is 0 Å². The zero-order chi connectivity index (χ0) is 27.2. The fraction of sp³-hybridized carbons (Fsp3) is 0.419. The Bertz CT molecular complexity index is 1360. The highest BCUT2D eigenvalue weighted by Gasteiger charge is 2.49. The quantitative estimate of drug-likeness (QED) is 0.387. The molecule has 0 spiro atoms. The summed E-state index contributed by atoms with van der Waals surface area (Å²) in [5, 5.41) is 3.88. The minimum absolute atomic E-state index is 0.00620. The van der Waals surface area contributed by atoms with Crippen LogP contribution in [0.1, 0.15) is 73.8 Å². The summed E-state index contributed by atoms with van der Waals surface area (Å²) in [6.07, 6.45) is 5.87. The number of carbonyl (C=O) groups is 2. The summed E-state index contributed by atoms with van der Waals surface area (Å²) >= 11 is 6.06. The number of halogens is 1. The van der Waals surface area contributed by atoms with Crippen LogP contribution in [0.4, 0.5) is 5.69 Å². The van der Waals surface area contributed by atoms with E-state index in [1.54, 1.807) is 6.92 Å². The molecule has 38 heavy (non-hydrogen) atoms. The van der Waals surface area contributed by atoms with E-state index in [9.17, 15) is 9.59 Å². The van der Waals surface area contributed by atoms with Crippen molar-refractivity contribution in [3.63, 3.8) is 0 Å². The third kappa shape index (κ3) is 5.32. The number of hydrogen-bond acceptors (Lipinski definition) is 5. The Hall–Kier alpha value is -3.25. The lowest BCUT2D eigenvalue weighted by Gasteiger charge is -2.37. The Morgan fingerprint density at radius 1 is 1.08 bits per heavy atom. The van der Waals surface area contributed by atoms with E-state index in [4.69, 9.17) is 11.6 Å². The van der Waals surface area contributed by atoms with E-state index in [2.05, 4.69) is 47.0 Å². The predicted molar refractivity (Wildman–Crippen MR) is 152 cm³/mol. The number of amides is 1. The first kappa shape index (κ1) is 26.4. The first-order chi connectivity index (χ1) is 18.0. The highest BCUT2D eigenvalue weighted by molar-refractivity contribution is 6.30. The van der Waals surface area contributed by atoms with E-state index in [0.717, 1.165) is 41.8 Å². The molecule has 2 aromatic carbocycles. The van der Waals surface area contributed by atoms with Gasteiger partial charge in [-0.1, -0.05) is 44.5 Å². The molecular formula is C31H35ClN4O2. The van der Waals surface area contributed by atoms with Crippen molar-refractivity contribution in [2.45, 2.75) is 71.9 Å². The van der Waals surface area contributed by atoms with Crippen LogP contribution in [0, 0.1) is 12.3 Å². The second-order valence-corrected chi connectivity index (χ2v) is 12.3. The van der Waals surface area contributed by atoms with Crippen molar-refractivity contribution in [1.82, 2.24) is 15.3 Å². The van der Waals surface area contributed by atoms with E-state index >= 15 is 0 Å². The smallest absolute Gasteiger partial charge is 0.217 e. The SMILES string of the molecule is CC(=O)N[C@@H]1CC[C@H]2c3cc(C(=O)Cc4ccc(Cl)cc4)cc(-c4cnc(C)nc4)c3N(CC(C)(C)C)[C@@H]12. The van der Waals surface area contributed by atoms with E-state index in [-0.39, 0.29) is 35.1 Å². The van der Waals surface area contributed by atoms with Crippen molar-refractivity contribution in [3.05, 3.63) is 76.3 Å². The van der Waals surface area contributed by atoms with Gasteiger partial charge >= 0.3 is 0 Å². The van der Waals surface area contributed by atoms with E-state index < -0.39 is 0 Å². The molecule has 7 heteroatoms. The van der Waals surface area contributed by atoms with Crippen molar-refractivity contribution < 1.29 is 9.59 Å². The number of benzene rings is 2. The molecule has 5 rings (SSSR count). The maximum atomic E-state index is 13.6. The maximum Gasteiger partial charge on any atom is 0.217 e. The molecule has 1 aliphatic carbocycles. The molecule has 3 atom stereocenters.